The molecule has 1 unspecified atom stereocenters. The molecule has 3 atom stereocenters. The van der Waals surface area contributed by atoms with E-state index >= 15 is 0 Å². The second-order valence-corrected chi connectivity index (χ2v) is 11.6. The average Bonchev–Trinajstić information content (AvgIpc) is 3.30. The molecule has 3 amide bonds. The van der Waals surface area contributed by atoms with Gasteiger partial charge in [-0.2, -0.15) is 0 Å². The molecular formula is C29H40N4O2. The number of benzene rings is 1. The van der Waals surface area contributed by atoms with Crippen molar-refractivity contribution in [3.63, 3.8) is 0 Å². The summed E-state index contributed by atoms with van der Waals surface area (Å²) in [5, 5.41) is 4.63. The van der Waals surface area contributed by atoms with Crippen molar-refractivity contribution in [3.05, 3.63) is 35.5 Å². The number of carbonyl (C=O) groups is 2. The maximum atomic E-state index is 14.2. The normalized spacial score (nSPS) is 28.0. The molecule has 6 nitrogen and oxygen atoms in total. The number of nitrogens with zero attached hydrogens (tertiary/aromatic N) is 2. The van der Waals surface area contributed by atoms with Gasteiger partial charge in [-0.05, 0) is 62.8 Å². The second kappa shape index (κ2) is 9.61. The van der Waals surface area contributed by atoms with Gasteiger partial charge in [0.1, 0.15) is 0 Å². The monoisotopic (exact) mass is 476 g/mol. The minimum Gasteiger partial charge on any atom is -0.361 e. The van der Waals surface area contributed by atoms with Crippen LogP contribution >= 0.6 is 0 Å². The van der Waals surface area contributed by atoms with E-state index in [0.29, 0.717) is 12.0 Å². The predicted molar refractivity (Wildman–Crippen MR) is 138 cm³/mol. The molecule has 35 heavy (non-hydrogen) atoms. The molecule has 3 aliphatic carbocycles. The molecule has 2 aromatic rings. The molecule has 2 saturated carbocycles. The van der Waals surface area contributed by atoms with Gasteiger partial charge in [0.25, 0.3) is 0 Å². The van der Waals surface area contributed by atoms with Crippen molar-refractivity contribution in [1.29, 1.82) is 0 Å². The molecule has 1 saturated heterocycles. The van der Waals surface area contributed by atoms with E-state index in [9.17, 15) is 9.59 Å². The number of imide groups is 1. The van der Waals surface area contributed by atoms with Crippen LogP contribution in [0.4, 0.5) is 4.79 Å². The maximum absolute atomic E-state index is 14.2. The number of carbonyl (C=O) groups excluding carboxylic acids is 2. The van der Waals surface area contributed by atoms with E-state index < -0.39 is 0 Å². The molecule has 188 valence electrons. The van der Waals surface area contributed by atoms with Crippen LogP contribution in [0.3, 0.4) is 0 Å². The molecule has 1 aliphatic heterocycles. The minimum absolute atomic E-state index is 0.0499. The Bertz CT molecular complexity index is 1080. The lowest BCUT2D eigenvalue weighted by atomic mass is 9.72. The van der Waals surface area contributed by atoms with Gasteiger partial charge in [0, 0.05) is 47.7 Å². The number of hydrogen-bond donors (Lipinski definition) is 2. The Kier molecular flexibility index (Phi) is 6.34. The first-order chi connectivity index (χ1) is 17.1. The van der Waals surface area contributed by atoms with E-state index in [1.54, 1.807) is 4.90 Å². The Labute approximate surface area is 208 Å². The lowest BCUT2D eigenvalue weighted by molar-refractivity contribution is -0.137. The van der Waals surface area contributed by atoms with Crippen LogP contribution < -0.4 is 5.32 Å². The highest BCUT2D eigenvalue weighted by Gasteiger charge is 2.44. The summed E-state index contributed by atoms with van der Waals surface area (Å²) in [6, 6.07) is 7.09. The molecule has 1 aromatic heterocycles. The lowest BCUT2D eigenvalue weighted by Gasteiger charge is -2.46. The van der Waals surface area contributed by atoms with Crippen molar-refractivity contribution in [1.82, 2.24) is 20.1 Å². The molecule has 2 heterocycles. The summed E-state index contributed by atoms with van der Waals surface area (Å²) in [6.45, 7) is 0.732. The van der Waals surface area contributed by atoms with Crippen LogP contribution in [0.25, 0.3) is 10.9 Å². The topological polar surface area (TPSA) is 68.4 Å². The first-order valence-corrected chi connectivity index (χ1v) is 14.0. The Balaban J connectivity index is 1.26. The summed E-state index contributed by atoms with van der Waals surface area (Å²) in [5.74, 6) is 0.239. The third kappa shape index (κ3) is 4.28. The number of nitrogens with one attached hydrogen (secondary N) is 2. The molecule has 0 radical (unpaired) electrons. The highest BCUT2D eigenvalue weighted by Crippen LogP contribution is 2.45. The van der Waals surface area contributed by atoms with Gasteiger partial charge in [0.15, 0.2) is 0 Å². The maximum Gasteiger partial charge on any atom is 0.324 e. The van der Waals surface area contributed by atoms with Crippen LogP contribution in [0.2, 0.25) is 0 Å². The number of fused-ring (bicyclic) bond motifs is 2. The Morgan fingerprint density at radius 3 is 2.54 bits per heavy atom. The molecule has 3 fully saturated rings. The summed E-state index contributed by atoms with van der Waals surface area (Å²) in [5.41, 5.74) is 3.96. The summed E-state index contributed by atoms with van der Waals surface area (Å²) >= 11 is 0. The van der Waals surface area contributed by atoms with Gasteiger partial charge >= 0.3 is 6.03 Å². The molecule has 0 bridgehead atoms. The van der Waals surface area contributed by atoms with Crippen molar-refractivity contribution in [2.45, 2.75) is 101 Å². The third-order valence-electron chi connectivity index (χ3n) is 9.40. The number of rotatable bonds is 3. The smallest absolute Gasteiger partial charge is 0.324 e. The molecule has 4 aliphatic rings. The summed E-state index contributed by atoms with van der Waals surface area (Å²) in [7, 11) is 2.17. The van der Waals surface area contributed by atoms with Crippen LogP contribution in [0.1, 0.15) is 87.7 Å². The van der Waals surface area contributed by atoms with E-state index in [-0.39, 0.29) is 29.9 Å². The zero-order valence-electron chi connectivity index (χ0n) is 21.1. The van der Waals surface area contributed by atoms with Gasteiger partial charge in [0.2, 0.25) is 5.91 Å². The van der Waals surface area contributed by atoms with E-state index in [4.69, 9.17) is 0 Å². The number of hydrogen-bond acceptors (Lipinski definition) is 3. The third-order valence-corrected chi connectivity index (χ3v) is 9.40. The highest BCUT2D eigenvalue weighted by atomic mass is 16.2. The highest BCUT2D eigenvalue weighted by molar-refractivity contribution is 5.96. The fourth-order valence-corrected chi connectivity index (χ4v) is 7.59. The number of likely N-dealkylation sites (N-methyl/N-ethyl adjacent to an activating group) is 1. The van der Waals surface area contributed by atoms with Crippen molar-refractivity contribution >= 4 is 22.8 Å². The fraction of sp³-hybridized carbons (Fsp3) is 0.655. The number of likely N-dealkylation sites (tertiary alicyclic amines) is 1. The molecule has 6 heteroatoms. The summed E-state index contributed by atoms with van der Waals surface area (Å²) in [6.07, 6.45) is 15.0. The largest absolute Gasteiger partial charge is 0.361 e. The number of aromatic amines is 1. The van der Waals surface area contributed by atoms with Crippen molar-refractivity contribution < 1.29 is 9.59 Å². The van der Waals surface area contributed by atoms with Crippen LogP contribution in [0, 0.1) is 5.92 Å². The SMILES string of the molecule is CN1C[C@H](C(=O)N(C(=O)NC2CCCCC2)C2CCCCC2)CC2c3cccc4[nH]cc(c34)C[C@H]21. The van der Waals surface area contributed by atoms with Crippen molar-refractivity contribution in [2.75, 3.05) is 13.6 Å². The van der Waals surface area contributed by atoms with Gasteiger partial charge in [-0.1, -0.05) is 50.7 Å². The van der Waals surface area contributed by atoms with E-state index in [2.05, 4.69) is 46.6 Å². The number of urea groups is 1. The average molecular weight is 477 g/mol. The Morgan fingerprint density at radius 1 is 1.03 bits per heavy atom. The number of amides is 3. The van der Waals surface area contributed by atoms with E-state index in [1.165, 1.54) is 47.7 Å². The van der Waals surface area contributed by atoms with Crippen LogP contribution in [0.5, 0.6) is 0 Å². The van der Waals surface area contributed by atoms with Gasteiger partial charge in [-0.25, -0.2) is 4.79 Å². The zero-order chi connectivity index (χ0) is 23.9. The van der Waals surface area contributed by atoms with Crippen LogP contribution in [-0.4, -0.2) is 58.4 Å². The lowest BCUT2D eigenvalue weighted by Crippen LogP contribution is -2.57. The molecular weight excluding hydrogens is 436 g/mol. The van der Waals surface area contributed by atoms with Crippen LogP contribution in [0.15, 0.2) is 24.4 Å². The number of aromatic nitrogens is 1. The first kappa shape index (κ1) is 23.1. The molecule has 6 rings (SSSR count). The Morgan fingerprint density at radius 2 is 1.77 bits per heavy atom. The molecule has 1 aromatic carbocycles. The fourth-order valence-electron chi connectivity index (χ4n) is 7.59. The summed E-state index contributed by atoms with van der Waals surface area (Å²) in [4.78, 5) is 35.3. The predicted octanol–water partition coefficient (Wildman–Crippen LogP) is 5.33. The van der Waals surface area contributed by atoms with E-state index in [1.807, 2.05) is 0 Å². The Hall–Kier alpha value is -2.34. The van der Waals surface area contributed by atoms with Crippen LogP contribution in [-0.2, 0) is 11.2 Å². The van der Waals surface area contributed by atoms with Crippen molar-refractivity contribution in [3.8, 4) is 0 Å². The van der Waals surface area contributed by atoms with Gasteiger partial charge in [-0.15, -0.1) is 0 Å². The van der Waals surface area contributed by atoms with Gasteiger partial charge in [-0.3, -0.25) is 9.69 Å². The molecule has 2 N–H and O–H groups in total. The zero-order valence-corrected chi connectivity index (χ0v) is 21.1. The van der Waals surface area contributed by atoms with Gasteiger partial charge < -0.3 is 15.2 Å². The summed E-state index contributed by atoms with van der Waals surface area (Å²) < 4.78 is 0. The molecule has 0 spiro atoms. The number of piperidine rings is 1. The minimum atomic E-state index is -0.143. The first-order valence-electron chi connectivity index (χ1n) is 14.0. The standard InChI is InChI=1S/C29H40N4O2/c1-32-18-20(15-24-23-13-8-14-25-27(23)19(17-30-25)16-26(24)32)28(34)33(22-11-6-3-7-12-22)29(35)31-21-9-4-2-5-10-21/h8,13-14,17,20-22,24,26,30H,2-7,9-12,15-16,18H2,1H3,(H,31,35)/t20-,24?,26-/m1/s1. The second-order valence-electron chi connectivity index (χ2n) is 11.6. The van der Waals surface area contributed by atoms with Crippen molar-refractivity contribution in [2.24, 2.45) is 5.92 Å². The van der Waals surface area contributed by atoms with Gasteiger partial charge in [0.05, 0.1) is 5.92 Å². The van der Waals surface area contributed by atoms with E-state index in [0.717, 1.165) is 57.9 Å². The number of H-pyrrole nitrogens is 1. The quantitative estimate of drug-likeness (QED) is 0.629.